The predicted molar refractivity (Wildman–Crippen MR) is 74.1 cm³/mol. The Kier molecular flexibility index (Phi) is 3.00. The van der Waals surface area contributed by atoms with Gasteiger partial charge in [0.15, 0.2) is 0 Å². The van der Waals surface area contributed by atoms with Crippen molar-refractivity contribution in [2.24, 2.45) is 13.0 Å². The first kappa shape index (κ1) is 13.1. The summed E-state index contributed by atoms with van der Waals surface area (Å²) in [4.78, 5) is 0. The number of hydrogen-bond acceptors (Lipinski definition) is 2. The third-order valence-corrected chi connectivity index (χ3v) is 4.03. The standard InChI is InChI=1S/C15H17F2N3/c1-8(9-3-4-9)14-13(15(18)20(2)19-14)10-5-11(16)7-12(17)6-10/h5-9H,3-4,18H2,1-2H3. The Morgan fingerprint density at radius 2 is 1.85 bits per heavy atom. The quantitative estimate of drug-likeness (QED) is 0.933. The van der Waals surface area contributed by atoms with Crippen LogP contribution in [-0.2, 0) is 7.05 Å². The van der Waals surface area contributed by atoms with Gasteiger partial charge < -0.3 is 5.73 Å². The van der Waals surface area contributed by atoms with Gasteiger partial charge in [0, 0.05) is 24.6 Å². The number of aryl methyl sites for hydroxylation is 1. The van der Waals surface area contributed by atoms with Crippen LogP contribution >= 0.6 is 0 Å². The molecule has 0 radical (unpaired) electrons. The lowest BCUT2D eigenvalue weighted by Gasteiger charge is -2.10. The van der Waals surface area contributed by atoms with Gasteiger partial charge in [0.2, 0.25) is 0 Å². The van der Waals surface area contributed by atoms with Gasteiger partial charge in [-0.2, -0.15) is 5.10 Å². The molecule has 1 atom stereocenters. The molecule has 2 aromatic rings. The molecule has 1 aliphatic rings. The molecular weight excluding hydrogens is 260 g/mol. The minimum Gasteiger partial charge on any atom is -0.383 e. The van der Waals surface area contributed by atoms with Crippen LogP contribution in [0, 0.1) is 17.6 Å². The smallest absolute Gasteiger partial charge is 0.129 e. The lowest BCUT2D eigenvalue weighted by Crippen LogP contribution is -2.00. The Labute approximate surface area is 116 Å². The Hall–Kier alpha value is -1.91. The van der Waals surface area contributed by atoms with Crippen molar-refractivity contribution < 1.29 is 8.78 Å². The van der Waals surface area contributed by atoms with E-state index in [1.165, 1.54) is 25.0 Å². The lowest BCUT2D eigenvalue weighted by molar-refractivity contribution is 0.584. The van der Waals surface area contributed by atoms with E-state index in [2.05, 4.69) is 12.0 Å². The van der Waals surface area contributed by atoms with Gasteiger partial charge in [0.25, 0.3) is 0 Å². The molecule has 20 heavy (non-hydrogen) atoms. The normalized spacial score (nSPS) is 16.4. The van der Waals surface area contributed by atoms with Gasteiger partial charge in [-0.25, -0.2) is 8.78 Å². The fourth-order valence-corrected chi connectivity index (χ4v) is 2.69. The van der Waals surface area contributed by atoms with E-state index in [0.29, 0.717) is 22.9 Å². The lowest BCUT2D eigenvalue weighted by atomic mass is 9.94. The van der Waals surface area contributed by atoms with Crippen molar-refractivity contribution in [1.82, 2.24) is 9.78 Å². The monoisotopic (exact) mass is 277 g/mol. The number of hydrogen-bond donors (Lipinski definition) is 1. The maximum atomic E-state index is 13.4. The summed E-state index contributed by atoms with van der Waals surface area (Å²) in [7, 11) is 1.75. The molecule has 1 saturated carbocycles. The molecule has 0 bridgehead atoms. The molecule has 1 heterocycles. The van der Waals surface area contributed by atoms with E-state index in [-0.39, 0.29) is 5.92 Å². The van der Waals surface area contributed by atoms with Crippen molar-refractivity contribution in [2.75, 3.05) is 5.73 Å². The van der Waals surface area contributed by atoms with Crippen LogP contribution in [0.2, 0.25) is 0 Å². The van der Waals surface area contributed by atoms with Crippen molar-refractivity contribution in [3.8, 4) is 11.1 Å². The summed E-state index contributed by atoms with van der Waals surface area (Å²) in [5.41, 5.74) is 7.99. The zero-order chi connectivity index (χ0) is 14.4. The highest BCUT2D eigenvalue weighted by molar-refractivity contribution is 5.77. The Morgan fingerprint density at radius 1 is 1.25 bits per heavy atom. The third kappa shape index (κ3) is 2.17. The average molecular weight is 277 g/mol. The van der Waals surface area contributed by atoms with Crippen LogP contribution in [0.5, 0.6) is 0 Å². The van der Waals surface area contributed by atoms with E-state index in [9.17, 15) is 8.78 Å². The van der Waals surface area contributed by atoms with E-state index in [0.717, 1.165) is 11.8 Å². The minimum atomic E-state index is -0.603. The number of halogens is 2. The SMILES string of the molecule is CC(c1nn(C)c(N)c1-c1cc(F)cc(F)c1)C1CC1. The highest BCUT2D eigenvalue weighted by atomic mass is 19.1. The number of nitrogens with zero attached hydrogens (tertiary/aromatic N) is 2. The van der Waals surface area contributed by atoms with Crippen LogP contribution in [0.4, 0.5) is 14.6 Å². The highest BCUT2D eigenvalue weighted by Crippen LogP contribution is 2.45. The van der Waals surface area contributed by atoms with Crippen LogP contribution in [0.15, 0.2) is 18.2 Å². The first-order valence-corrected chi connectivity index (χ1v) is 6.76. The molecule has 1 aromatic heterocycles. The number of nitrogens with two attached hydrogens (primary N) is 1. The number of nitrogen functional groups attached to an aromatic ring is 1. The first-order valence-electron chi connectivity index (χ1n) is 6.76. The molecule has 0 saturated heterocycles. The summed E-state index contributed by atoms with van der Waals surface area (Å²) in [5.74, 6) is 0.0836. The fourth-order valence-electron chi connectivity index (χ4n) is 2.69. The molecule has 1 aliphatic carbocycles. The van der Waals surface area contributed by atoms with Gasteiger partial charge in [-0.05, 0) is 36.5 Å². The second-order valence-electron chi connectivity index (χ2n) is 5.55. The van der Waals surface area contributed by atoms with Crippen LogP contribution in [0.1, 0.15) is 31.4 Å². The fraction of sp³-hybridized carbons (Fsp3) is 0.400. The van der Waals surface area contributed by atoms with Crippen LogP contribution < -0.4 is 5.73 Å². The summed E-state index contributed by atoms with van der Waals surface area (Å²) < 4.78 is 28.5. The second-order valence-corrected chi connectivity index (χ2v) is 5.55. The highest BCUT2D eigenvalue weighted by Gasteiger charge is 2.33. The topological polar surface area (TPSA) is 43.8 Å². The molecule has 106 valence electrons. The van der Waals surface area contributed by atoms with Gasteiger partial charge in [-0.15, -0.1) is 0 Å². The largest absolute Gasteiger partial charge is 0.383 e. The van der Waals surface area contributed by atoms with Gasteiger partial charge in [0.1, 0.15) is 17.5 Å². The number of aromatic nitrogens is 2. The zero-order valence-electron chi connectivity index (χ0n) is 11.5. The van der Waals surface area contributed by atoms with E-state index < -0.39 is 11.6 Å². The molecule has 1 aromatic carbocycles. The summed E-state index contributed by atoms with van der Waals surface area (Å²) in [6, 6.07) is 3.47. The molecule has 5 heteroatoms. The number of anilines is 1. The summed E-state index contributed by atoms with van der Waals surface area (Å²) >= 11 is 0. The Balaban J connectivity index is 2.16. The number of benzene rings is 1. The molecule has 0 amide bonds. The van der Waals surface area contributed by atoms with Crippen molar-refractivity contribution in [3.05, 3.63) is 35.5 Å². The van der Waals surface area contributed by atoms with E-state index in [4.69, 9.17) is 5.73 Å². The summed E-state index contributed by atoms with van der Waals surface area (Å²) in [6.45, 7) is 2.10. The minimum absolute atomic E-state index is 0.250. The van der Waals surface area contributed by atoms with Crippen molar-refractivity contribution in [3.63, 3.8) is 0 Å². The van der Waals surface area contributed by atoms with Crippen LogP contribution in [0.3, 0.4) is 0 Å². The summed E-state index contributed by atoms with van der Waals surface area (Å²) in [5, 5.41) is 4.45. The Morgan fingerprint density at radius 3 is 2.40 bits per heavy atom. The van der Waals surface area contributed by atoms with E-state index in [1.54, 1.807) is 11.7 Å². The summed E-state index contributed by atoms with van der Waals surface area (Å²) in [6.07, 6.45) is 2.35. The van der Waals surface area contributed by atoms with E-state index >= 15 is 0 Å². The molecule has 0 spiro atoms. The van der Waals surface area contributed by atoms with Gasteiger partial charge in [-0.1, -0.05) is 6.92 Å². The molecule has 0 aliphatic heterocycles. The molecule has 1 fully saturated rings. The Bertz CT molecular complexity index is 639. The van der Waals surface area contributed by atoms with Crippen LogP contribution in [-0.4, -0.2) is 9.78 Å². The van der Waals surface area contributed by atoms with Crippen LogP contribution in [0.25, 0.3) is 11.1 Å². The molecule has 2 N–H and O–H groups in total. The van der Waals surface area contributed by atoms with E-state index in [1.807, 2.05) is 0 Å². The average Bonchev–Trinajstić information content (AvgIpc) is 3.15. The van der Waals surface area contributed by atoms with Gasteiger partial charge in [-0.3, -0.25) is 4.68 Å². The first-order chi connectivity index (χ1) is 9.47. The molecule has 3 rings (SSSR count). The van der Waals surface area contributed by atoms with Crippen molar-refractivity contribution in [2.45, 2.75) is 25.7 Å². The van der Waals surface area contributed by atoms with Gasteiger partial charge >= 0.3 is 0 Å². The number of rotatable bonds is 3. The second kappa shape index (κ2) is 4.58. The van der Waals surface area contributed by atoms with Crippen molar-refractivity contribution in [1.29, 1.82) is 0 Å². The predicted octanol–water partition coefficient (Wildman–Crippen LogP) is 3.46. The molecule has 1 unspecified atom stereocenters. The van der Waals surface area contributed by atoms with Gasteiger partial charge in [0.05, 0.1) is 5.69 Å². The third-order valence-electron chi connectivity index (χ3n) is 4.03. The van der Waals surface area contributed by atoms with Crippen molar-refractivity contribution >= 4 is 5.82 Å². The zero-order valence-corrected chi connectivity index (χ0v) is 11.5. The molecular formula is C15H17F2N3. The molecule has 3 nitrogen and oxygen atoms in total. The maximum Gasteiger partial charge on any atom is 0.129 e. The maximum absolute atomic E-state index is 13.4.